The number of nitrogens with zero attached hydrogens (tertiary/aromatic N) is 2. The molecule has 0 aliphatic carbocycles. The summed E-state index contributed by atoms with van der Waals surface area (Å²) in [5.41, 5.74) is 1.66. The van der Waals surface area contributed by atoms with E-state index in [1.165, 1.54) is 0 Å². The van der Waals surface area contributed by atoms with E-state index in [0.717, 1.165) is 17.9 Å². The van der Waals surface area contributed by atoms with E-state index in [-0.39, 0.29) is 5.92 Å². The lowest BCUT2D eigenvalue weighted by atomic mass is 10.1. The first-order valence-electron chi connectivity index (χ1n) is 5.18. The fourth-order valence-corrected chi connectivity index (χ4v) is 2.19. The smallest absolute Gasteiger partial charge is 0.308 e. The van der Waals surface area contributed by atoms with Gasteiger partial charge in [0.15, 0.2) is 0 Å². The van der Waals surface area contributed by atoms with Crippen molar-refractivity contribution in [1.29, 1.82) is 0 Å². The first kappa shape index (κ1) is 11.2. The van der Waals surface area contributed by atoms with Gasteiger partial charge in [-0.2, -0.15) is 0 Å². The minimum Gasteiger partial charge on any atom is -0.481 e. The molecule has 1 aromatic rings. The molecule has 1 aliphatic heterocycles. The lowest BCUT2D eigenvalue weighted by Crippen LogP contribution is -2.23. The van der Waals surface area contributed by atoms with E-state index in [9.17, 15) is 4.79 Å². The zero-order valence-corrected chi connectivity index (χ0v) is 9.74. The molecule has 1 fully saturated rings. The standard InChI is InChI=1S/C11H13ClN2O2/c1-7-10(12)9(2-4-13-7)14-5-3-8(6-14)11(15)16/h2,4,8H,3,5-6H2,1H3,(H,15,16). The third-order valence-electron chi connectivity index (χ3n) is 2.92. The molecule has 5 heteroatoms. The Bertz CT molecular complexity index is 422. The monoisotopic (exact) mass is 240 g/mol. The number of aliphatic carboxylic acids is 1. The second-order valence-corrected chi connectivity index (χ2v) is 4.38. The Morgan fingerprint density at radius 3 is 3.06 bits per heavy atom. The zero-order chi connectivity index (χ0) is 11.7. The Hall–Kier alpha value is -1.29. The van der Waals surface area contributed by atoms with Gasteiger partial charge in [0, 0.05) is 19.3 Å². The van der Waals surface area contributed by atoms with Crippen LogP contribution in [0.2, 0.25) is 5.02 Å². The number of anilines is 1. The molecule has 2 rings (SSSR count). The van der Waals surface area contributed by atoms with E-state index < -0.39 is 5.97 Å². The van der Waals surface area contributed by atoms with Crippen LogP contribution in [0, 0.1) is 12.8 Å². The highest BCUT2D eigenvalue weighted by Gasteiger charge is 2.29. The van der Waals surface area contributed by atoms with Gasteiger partial charge in [-0.25, -0.2) is 0 Å². The topological polar surface area (TPSA) is 53.4 Å². The molecule has 1 saturated heterocycles. The molecule has 0 spiro atoms. The van der Waals surface area contributed by atoms with E-state index in [2.05, 4.69) is 4.98 Å². The van der Waals surface area contributed by atoms with Crippen LogP contribution in [0.15, 0.2) is 12.3 Å². The van der Waals surface area contributed by atoms with Crippen LogP contribution in [0.5, 0.6) is 0 Å². The molecule has 1 aliphatic rings. The van der Waals surface area contributed by atoms with Gasteiger partial charge in [0.1, 0.15) is 0 Å². The van der Waals surface area contributed by atoms with Gasteiger partial charge in [-0.3, -0.25) is 9.78 Å². The van der Waals surface area contributed by atoms with E-state index in [1.807, 2.05) is 17.9 Å². The van der Waals surface area contributed by atoms with Gasteiger partial charge in [-0.1, -0.05) is 11.6 Å². The number of aryl methyl sites for hydroxylation is 1. The molecule has 0 saturated carbocycles. The third-order valence-corrected chi connectivity index (χ3v) is 3.39. The molecule has 86 valence electrons. The number of hydrogen-bond acceptors (Lipinski definition) is 3. The Morgan fingerprint density at radius 2 is 2.44 bits per heavy atom. The number of pyridine rings is 1. The molecule has 0 bridgehead atoms. The fourth-order valence-electron chi connectivity index (χ4n) is 1.96. The summed E-state index contributed by atoms with van der Waals surface area (Å²) in [6, 6.07) is 1.83. The van der Waals surface area contributed by atoms with Crippen molar-refractivity contribution < 1.29 is 9.90 Å². The Balaban J connectivity index is 2.21. The molecule has 16 heavy (non-hydrogen) atoms. The number of carbonyl (C=O) groups is 1. The van der Waals surface area contributed by atoms with Gasteiger partial charge < -0.3 is 10.0 Å². The SMILES string of the molecule is Cc1nccc(N2CCC(C(=O)O)C2)c1Cl. The minimum atomic E-state index is -0.732. The van der Waals surface area contributed by atoms with Crippen molar-refractivity contribution in [3.8, 4) is 0 Å². The summed E-state index contributed by atoms with van der Waals surface area (Å²) < 4.78 is 0. The Kier molecular flexibility index (Phi) is 3.01. The molecule has 1 unspecified atom stereocenters. The zero-order valence-electron chi connectivity index (χ0n) is 8.98. The number of halogens is 1. The highest BCUT2D eigenvalue weighted by atomic mass is 35.5. The van der Waals surface area contributed by atoms with E-state index in [4.69, 9.17) is 16.7 Å². The quantitative estimate of drug-likeness (QED) is 0.859. The molecule has 0 aromatic carbocycles. The van der Waals surface area contributed by atoms with Gasteiger partial charge in [0.2, 0.25) is 0 Å². The second kappa shape index (κ2) is 4.29. The van der Waals surface area contributed by atoms with Crippen LogP contribution >= 0.6 is 11.6 Å². The molecule has 0 radical (unpaired) electrons. The molecule has 4 nitrogen and oxygen atoms in total. The lowest BCUT2D eigenvalue weighted by Gasteiger charge is -2.19. The van der Waals surface area contributed by atoms with Crippen molar-refractivity contribution >= 4 is 23.3 Å². The molecule has 1 aromatic heterocycles. The van der Waals surface area contributed by atoms with Gasteiger partial charge in [-0.05, 0) is 19.4 Å². The molecular formula is C11H13ClN2O2. The van der Waals surface area contributed by atoms with Crippen LogP contribution in [0.1, 0.15) is 12.1 Å². The number of hydrogen-bond donors (Lipinski definition) is 1. The molecule has 1 atom stereocenters. The average Bonchev–Trinajstić information content (AvgIpc) is 2.71. The summed E-state index contributed by atoms with van der Waals surface area (Å²) in [7, 11) is 0. The second-order valence-electron chi connectivity index (χ2n) is 4.00. The average molecular weight is 241 g/mol. The van der Waals surface area contributed by atoms with Crippen LogP contribution in [0.4, 0.5) is 5.69 Å². The number of carboxylic acids is 1. The molecule has 2 heterocycles. The first-order valence-corrected chi connectivity index (χ1v) is 5.56. The van der Waals surface area contributed by atoms with Crippen molar-refractivity contribution in [2.45, 2.75) is 13.3 Å². The predicted molar refractivity (Wildman–Crippen MR) is 61.9 cm³/mol. The van der Waals surface area contributed by atoms with Gasteiger partial charge in [0.05, 0.1) is 22.3 Å². The highest BCUT2D eigenvalue weighted by Crippen LogP contribution is 2.31. The Morgan fingerprint density at radius 1 is 1.69 bits per heavy atom. The van der Waals surface area contributed by atoms with Crippen molar-refractivity contribution in [2.75, 3.05) is 18.0 Å². The molecule has 0 amide bonds. The maximum absolute atomic E-state index is 10.9. The van der Waals surface area contributed by atoms with Crippen LogP contribution in [0.3, 0.4) is 0 Å². The van der Waals surface area contributed by atoms with Crippen molar-refractivity contribution in [2.24, 2.45) is 5.92 Å². The van der Waals surface area contributed by atoms with Crippen molar-refractivity contribution in [1.82, 2.24) is 4.98 Å². The van der Waals surface area contributed by atoms with Crippen LogP contribution in [0.25, 0.3) is 0 Å². The van der Waals surface area contributed by atoms with Gasteiger partial charge >= 0.3 is 5.97 Å². The summed E-state index contributed by atoms with van der Waals surface area (Å²) in [4.78, 5) is 17.0. The van der Waals surface area contributed by atoms with Crippen molar-refractivity contribution in [3.05, 3.63) is 23.0 Å². The maximum Gasteiger partial charge on any atom is 0.308 e. The Labute approximate surface area is 98.9 Å². The molecule has 1 N–H and O–H groups in total. The third kappa shape index (κ3) is 1.97. The molecular weight excluding hydrogens is 228 g/mol. The van der Waals surface area contributed by atoms with E-state index in [1.54, 1.807) is 6.20 Å². The first-order chi connectivity index (χ1) is 7.59. The lowest BCUT2D eigenvalue weighted by molar-refractivity contribution is -0.140. The highest BCUT2D eigenvalue weighted by molar-refractivity contribution is 6.33. The van der Waals surface area contributed by atoms with Crippen LogP contribution < -0.4 is 4.90 Å². The maximum atomic E-state index is 10.9. The summed E-state index contributed by atoms with van der Waals surface area (Å²) in [6.45, 7) is 3.11. The largest absolute Gasteiger partial charge is 0.481 e. The van der Waals surface area contributed by atoms with E-state index >= 15 is 0 Å². The number of rotatable bonds is 2. The summed E-state index contributed by atoms with van der Waals surface area (Å²) in [5, 5.41) is 9.55. The summed E-state index contributed by atoms with van der Waals surface area (Å²) in [6.07, 6.45) is 2.37. The number of carboxylic acid groups (broad SMARTS) is 1. The minimum absolute atomic E-state index is 0.287. The van der Waals surface area contributed by atoms with Gasteiger partial charge in [-0.15, -0.1) is 0 Å². The predicted octanol–water partition coefficient (Wildman–Crippen LogP) is 1.95. The normalized spacial score (nSPS) is 20.1. The van der Waals surface area contributed by atoms with Crippen molar-refractivity contribution in [3.63, 3.8) is 0 Å². The summed E-state index contributed by atoms with van der Waals surface area (Å²) >= 11 is 6.15. The van der Waals surface area contributed by atoms with Crippen LogP contribution in [-0.4, -0.2) is 29.1 Å². The summed E-state index contributed by atoms with van der Waals surface area (Å²) in [5.74, 6) is -1.02. The fraction of sp³-hybridized carbons (Fsp3) is 0.455. The van der Waals surface area contributed by atoms with Gasteiger partial charge in [0.25, 0.3) is 0 Å². The van der Waals surface area contributed by atoms with Crippen LogP contribution in [-0.2, 0) is 4.79 Å². The van der Waals surface area contributed by atoms with E-state index in [0.29, 0.717) is 18.0 Å². The number of aromatic nitrogens is 1.